The Balaban J connectivity index is 1.87. The van der Waals surface area contributed by atoms with Crippen molar-refractivity contribution in [3.8, 4) is 0 Å². The molecule has 0 bridgehead atoms. The summed E-state index contributed by atoms with van der Waals surface area (Å²) < 4.78 is 1.29. The van der Waals surface area contributed by atoms with Crippen molar-refractivity contribution in [1.82, 2.24) is 19.5 Å². The summed E-state index contributed by atoms with van der Waals surface area (Å²) in [5.74, 6) is 0. The molecule has 0 N–H and O–H groups in total. The molecule has 100 valence electrons. The molecular formula is C12H14N4O2S. The Labute approximate surface area is 113 Å². The average molecular weight is 278 g/mol. The highest BCUT2D eigenvalue weighted by atomic mass is 32.1. The summed E-state index contributed by atoms with van der Waals surface area (Å²) in [6.45, 7) is 1.43. The van der Waals surface area contributed by atoms with Crippen molar-refractivity contribution < 1.29 is 4.79 Å². The molecule has 0 aliphatic carbocycles. The molecule has 2 aromatic rings. The summed E-state index contributed by atoms with van der Waals surface area (Å²) in [6.07, 6.45) is 4.07. The number of rotatable bonds is 3. The Morgan fingerprint density at radius 3 is 3.21 bits per heavy atom. The molecule has 1 saturated heterocycles. The summed E-state index contributed by atoms with van der Waals surface area (Å²) in [4.78, 5) is 30.0. The largest absolute Gasteiger partial charge is 0.302 e. The van der Waals surface area contributed by atoms with E-state index < -0.39 is 0 Å². The van der Waals surface area contributed by atoms with Crippen LogP contribution in [0.5, 0.6) is 0 Å². The van der Waals surface area contributed by atoms with E-state index in [9.17, 15) is 9.59 Å². The van der Waals surface area contributed by atoms with Crippen LogP contribution in [0.3, 0.4) is 0 Å². The summed E-state index contributed by atoms with van der Waals surface area (Å²) in [6, 6.07) is 1.46. The van der Waals surface area contributed by atoms with Crippen molar-refractivity contribution >= 4 is 22.6 Å². The van der Waals surface area contributed by atoms with Crippen molar-refractivity contribution in [2.45, 2.75) is 31.8 Å². The van der Waals surface area contributed by atoms with Gasteiger partial charge in [-0.2, -0.15) is 9.61 Å². The highest BCUT2D eigenvalue weighted by Crippen LogP contribution is 2.17. The van der Waals surface area contributed by atoms with E-state index in [1.165, 1.54) is 21.9 Å². The second-order valence-corrected chi connectivity index (χ2v) is 5.50. The second kappa shape index (κ2) is 5.18. The zero-order chi connectivity index (χ0) is 13.2. The summed E-state index contributed by atoms with van der Waals surface area (Å²) >= 11 is 1.34. The minimum Gasteiger partial charge on any atom is -0.302 e. The van der Waals surface area contributed by atoms with E-state index in [2.05, 4.69) is 15.0 Å². The van der Waals surface area contributed by atoms with Crippen LogP contribution in [0, 0.1) is 0 Å². The van der Waals surface area contributed by atoms with Gasteiger partial charge in [-0.15, -0.1) is 0 Å². The van der Waals surface area contributed by atoms with Gasteiger partial charge in [0.1, 0.15) is 11.8 Å². The summed E-state index contributed by atoms with van der Waals surface area (Å²) in [5, 5.41) is 3.93. The molecule has 1 aliphatic heterocycles. The average Bonchev–Trinajstić information content (AvgIpc) is 2.88. The van der Waals surface area contributed by atoms with Gasteiger partial charge in [-0.25, -0.2) is 4.98 Å². The Bertz CT molecular complexity index is 650. The maximum Gasteiger partial charge on any atom is 0.275 e. The van der Waals surface area contributed by atoms with E-state index in [1.807, 2.05) is 0 Å². The predicted octanol–water partition coefficient (Wildman–Crippen LogP) is 0.704. The fourth-order valence-corrected chi connectivity index (χ4v) is 3.10. The lowest BCUT2D eigenvalue weighted by Gasteiger charge is -2.31. The van der Waals surface area contributed by atoms with Crippen molar-refractivity contribution in [2.24, 2.45) is 0 Å². The lowest BCUT2D eigenvalue weighted by molar-refractivity contribution is -0.113. The van der Waals surface area contributed by atoms with Gasteiger partial charge in [0.2, 0.25) is 4.96 Å². The lowest BCUT2D eigenvalue weighted by atomic mass is 10.0. The highest BCUT2D eigenvalue weighted by molar-refractivity contribution is 7.14. The maximum absolute atomic E-state index is 11.8. The van der Waals surface area contributed by atoms with Crippen LogP contribution >= 0.6 is 11.3 Å². The van der Waals surface area contributed by atoms with Crippen molar-refractivity contribution in [2.75, 3.05) is 6.54 Å². The predicted molar refractivity (Wildman–Crippen MR) is 71.2 cm³/mol. The molecule has 1 unspecified atom stereocenters. The van der Waals surface area contributed by atoms with Gasteiger partial charge in [-0.3, -0.25) is 9.69 Å². The first-order valence-electron chi connectivity index (χ1n) is 6.30. The third-order valence-corrected chi connectivity index (χ3v) is 4.10. The number of hydrogen-bond donors (Lipinski definition) is 0. The van der Waals surface area contributed by atoms with Crippen LogP contribution in [0.15, 0.2) is 16.4 Å². The molecule has 0 radical (unpaired) electrons. The molecule has 0 amide bonds. The van der Waals surface area contributed by atoms with Crippen LogP contribution in [0.4, 0.5) is 0 Å². The first-order chi connectivity index (χ1) is 9.28. The number of carbonyl (C=O) groups is 1. The topological polar surface area (TPSA) is 67.6 Å². The zero-order valence-electron chi connectivity index (χ0n) is 10.4. The van der Waals surface area contributed by atoms with Gasteiger partial charge in [0.25, 0.3) is 5.56 Å². The van der Waals surface area contributed by atoms with E-state index in [4.69, 9.17) is 0 Å². The molecule has 3 rings (SSSR count). The number of fused-ring (bicyclic) bond motifs is 1. The van der Waals surface area contributed by atoms with Crippen molar-refractivity contribution in [3.63, 3.8) is 0 Å². The number of likely N-dealkylation sites (tertiary alicyclic amines) is 1. The molecule has 1 aliphatic rings. The van der Waals surface area contributed by atoms with Gasteiger partial charge >= 0.3 is 0 Å². The fraction of sp³-hybridized carbons (Fsp3) is 0.500. The molecular weight excluding hydrogens is 264 g/mol. The number of aromatic nitrogens is 3. The van der Waals surface area contributed by atoms with Crippen LogP contribution in [0.25, 0.3) is 4.96 Å². The van der Waals surface area contributed by atoms with Crippen LogP contribution in [-0.4, -0.2) is 38.4 Å². The fourth-order valence-electron chi connectivity index (χ4n) is 2.46. The molecule has 3 heterocycles. The van der Waals surface area contributed by atoms with Gasteiger partial charge in [0.05, 0.1) is 11.7 Å². The summed E-state index contributed by atoms with van der Waals surface area (Å²) in [7, 11) is 0. The van der Waals surface area contributed by atoms with Crippen LogP contribution in [-0.2, 0) is 11.3 Å². The lowest BCUT2D eigenvalue weighted by Crippen LogP contribution is -2.40. The quantitative estimate of drug-likeness (QED) is 0.773. The van der Waals surface area contributed by atoms with E-state index in [0.717, 1.165) is 32.1 Å². The van der Waals surface area contributed by atoms with E-state index in [-0.39, 0.29) is 11.6 Å². The highest BCUT2D eigenvalue weighted by Gasteiger charge is 2.22. The molecule has 1 fully saturated rings. The zero-order valence-corrected chi connectivity index (χ0v) is 11.2. The molecule has 1 atom stereocenters. The standard InChI is InChI=1S/C12H14N4O2S/c17-7-10-3-1-2-4-15(10)6-9-5-11(18)16-12(14-9)19-8-13-16/h5,7-8,10H,1-4,6H2. The first kappa shape index (κ1) is 12.4. The monoisotopic (exact) mass is 278 g/mol. The van der Waals surface area contributed by atoms with E-state index in [1.54, 1.807) is 5.51 Å². The van der Waals surface area contributed by atoms with Crippen LogP contribution in [0.2, 0.25) is 0 Å². The minimum atomic E-state index is -0.166. The van der Waals surface area contributed by atoms with Crippen LogP contribution < -0.4 is 5.56 Å². The van der Waals surface area contributed by atoms with Gasteiger partial charge < -0.3 is 4.79 Å². The smallest absolute Gasteiger partial charge is 0.275 e. The Kier molecular flexibility index (Phi) is 3.39. The van der Waals surface area contributed by atoms with E-state index >= 15 is 0 Å². The molecule has 0 spiro atoms. The van der Waals surface area contributed by atoms with Gasteiger partial charge in [-0.05, 0) is 19.4 Å². The number of carbonyl (C=O) groups excluding carboxylic acids is 1. The number of piperidine rings is 1. The normalized spacial score (nSPS) is 20.7. The Morgan fingerprint density at radius 1 is 1.47 bits per heavy atom. The molecule has 19 heavy (non-hydrogen) atoms. The van der Waals surface area contributed by atoms with Crippen molar-refractivity contribution in [3.05, 3.63) is 27.6 Å². The molecule has 7 heteroatoms. The van der Waals surface area contributed by atoms with E-state index in [0.29, 0.717) is 17.2 Å². The molecule has 0 aromatic carbocycles. The number of hydrogen-bond acceptors (Lipinski definition) is 6. The SMILES string of the molecule is O=CC1CCCCN1Cc1cc(=O)n2ncsc2n1. The van der Waals surface area contributed by atoms with Crippen LogP contribution in [0.1, 0.15) is 25.0 Å². The van der Waals surface area contributed by atoms with Gasteiger partial charge in [-0.1, -0.05) is 17.8 Å². The number of aldehydes is 1. The third-order valence-electron chi connectivity index (χ3n) is 3.43. The molecule has 2 aromatic heterocycles. The second-order valence-electron chi connectivity index (χ2n) is 4.69. The first-order valence-corrected chi connectivity index (χ1v) is 7.18. The minimum absolute atomic E-state index is 0.0459. The Morgan fingerprint density at radius 2 is 2.37 bits per heavy atom. The molecule has 0 saturated carbocycles. The van der Waals surface area contributed by atoms with Gasteiger partial charge in [0, 0.05) is 12.6 Å². The maximum atomic E-state index is 11.8. The molecule has 6 nitrogen and oxygen atoms in total. The Hall–Kier alpha value is -1.60. The summed E-state index contributed by atoms with van der Waals surface area (Å²) in [5.41, 5.74) is 2.15. The van der Waals surface area contributed by atoms with Gasteiger partial charge in [0.15, 0.2) is 0 Å². The number of nitrogens with zero attached hydrogens (tertiary/aromatic N) is 4. The van der Waals surface area contributed by atoms with Crippen molar-refractivity contribution in [1.29, 1.82) is 0 Å². The third kappa shape index (κ3) is 2.43.